The average Bonchev–Trinajstić information content (AvgIpc) is 3.07. The number of primary amides is 1. The summed E-state index contributed by atoms with van der Waals surface area (Å²) in [5.41, 5.74) is 5.05. The second kappa shape index (κ2) is 6.75. The zero-order valence-corrected chi connectivity index (χ0v) is 14.4. The van der Waals surface area contributed by atoms with Gasteiger partial charge in [-0.15, -0.1) is 0 Å². The lowest BCUT2D eigenvalue weighted by Crippen LogP contribution is -2.10. The molecule has 0 aliphatic rings. The van der Waals surface area contributed by atoms with Crippen molar-refractivity contribution in [2.24, 2.45) is 5.73 Å². The van der Waals surface area contributed by atoms with Crippen LogP contribution in [0, 0.1) is 0 Å². The molecule has 0 saturated carbocycles. The molecule has 26 heavy (non-hydrogen) atoms. The van der Waals surface area contributed by atoms with Crippen LogP contribution in [-0.4, -0.2) is 25.7 Å². The number of nitrogens with two attached hydrogens (primary N) is 1. The molecular formula is C15H10BrF3N6O. The second-order valence-corrected chi connectivity index (χ2v) is 5.93. The summed E-state index contributed by atoms with van der Waals surface area (Å²) in [5, 5.41) is 6.37. The number of alkyl halides is 3. The Kier molecular flexibility index (Phi) is 4.64. The topological polar surface area (TPSA) is 98.7 Å². The molecule has 0 unspecified atom stereocenters. The summed E-state index contributed by atoms with van der Waals surface area (Å²) in [7, 11) is 0. The third kappa shape index (κ3) is 3.82. The Hall–Kier alpha value is -2.95. The molecule has 3 N–H and O–H groups in total. The predicted molar refractivity (Wildman–Crippen MR) is 90.1 cm³/mol. The van der Waals surface area contributed by atoms with Gasteiger partial charge in [-0.1, -0.05) is 0 Å². The first-order valence-corrected chi connectivity index (χ1v) is 7.86. The number of rotatable bonds is 4. The van der Waals surface area contributed by atoms with Crippen LogP contribution in [0.2, 0.25) is 0 Å². The summed E-state index contributed by atoms with van der Waals surface area (Å²) >= 11 is 3.19. The first-order chi connectivity index (χ1) is 12.2. The molecule has 2 heterocycles. The molecule has 0 aliphatic carbocycles. The van der Waals surface area contributed by atoms with E-state index in [9.17, 15) is 18.0 Å². The highest BCUT2D eigenvalue weighted by Gasteiger charge is 2.33. The lowest BCUT2D eigenvalue weighted by atomic mass is 10.2. The predicted octanol–water partition coefficient (Wildman–Crippen LogP) is 3.29. The molecule has 0 radical (unpaired) electrons. The summed E-state index contributed by atoms with van der Waals surface area (Å²) < 4.78 is 39.5. The molecule has 2 aromatic heterocycles. The molecule has 3 aromatic rings. The van der Waals surface area contributed by atoms with Crippen LogP contribution in [0.3, 0.4) is 0 Å². The van der Waals surface area contributed by atoms with Gasteiger partial charge in [0.2, 0.25) is 11.9 Å². The standard InChI is InChI=1S/C15H10BrF3N6O/c16-10-7-21-14(22-9-3-1-8(2-4-9)12(20)26)23-13(10)25-6-5-11(24-25)15(17,18)19/h1-7H,(H2,20,26)(H,21,22,23). The van der Waals surface area contributed by atoms with Gasteiger partial charge in [-0.3, -0.25) is 4.79 Å². The van der Waals surface area contributed by atoms with Crippen molar-refractivity contribution in [2.45, 2.75) is 6.18 Å². The van der Waals surface area contributed by atoms with Crippen molar-refractivity contribution >= 4 is 33.5 Å². The van der Waals surface area contributed by atoms with Crippen molar-refractivity contribution in [2.75, 3.05) is 5.32 Å². The average molecular weight is 427 g/mol. The third-order valence-corrected chi connectivity index (χ3v) is 3.81. The number of carbonyl (C=O) groups is 1. The molecule has 1 aromatic carbocycles. The third-order valence-electron chi connectivity index (χ3n) is 3.25. The molecule has 1 amide bonds. The van der Waals surface area contributed by atoms with E-state index in [0.29, 0.717) is 15.7 Å². The summed E-state index contributed by atoms with van der Waals surface area (Å²) in [6.07, 6.45) is -2.01. The first-order valence-electron chi connectivity index (χ1n) is 7.07. The smallest absolute Gasteiger partial charge is 0.366 e. The van der Waals surface area contributed by atoms with Crippen molar-refractivity contribution in [3.63, 3.8) is 0 Å². The molecule has 134 valence electrons. The molecule has 3 rings (SSSR count). The second-order valence-electron chi connectivity index (χ2n) is 5.08. The van der Waals surface area contributed by atoms with Gasteiger partial charge >= 0.3 is 6.18 Å². The minimum atomic E-state index is -4.55. The summed E-state index contributed by atoms with van der Waals surface area (Å²) in [4.78, 5) is 19.3. The highest BCUT2D eigenvalue weighted by atomic mass is 79.9. The number of nitrogens with zero attached hydrogens (tertiary/aromatic N) is 4. The zero-order valence-electron chi connectivity index (χ0n) is 12.8. The highest BCUT2D eigenvalue weighted by Crippen LogP contribution is 2.29. The Morgan fingerprint density at radius 1 is 1.19 bits per heavy atom. The van der Waals surface area contributed by atoms with Crippen LogP contribution in [-0.2, 0) is 6.18 Å². The van der Waals surface area contributed by atoms with E-state index < -0.39 is 17.8 Å². The summed E-state index contributed by atoms with van der Waals surface area (Å²) in [6.45, 7) is 0. The quantitative estimate of drug-likeness (QED) is 0.666. The minimum Gasteiger partial charge on any atom is -0.366 e. The maximum absolute atomic E-state index is 12.7. The fourth-order valence-corrected chi connectivity index (χ4v) is 2.39. The van der Waals surface area contributed by atoms with Gasteiger partial charge in [0.25, 0.3) is 0 Å². The van der Waals surface area contributed by atoms with Gasteiger partial charge in [-0.2, -0.15) is 23.3 Å². The van der Waals surface area contributed by atoms with Gasteiger partial charge in [-0.05, 0) is 46.3 Å². The monoisotopic (exact) mass is 426 g/mol. The van der Waals surface area contributed by atoms with E-state index in [4.69, 9.17) is 5.73 Å². The number of aromatic nitrogens is 4. The first kappa shape index (κ1) is 17.9. The number of nitrogens with one attached hydrogen (secondary N) is 1. The molecule has 0 aliphatic heterocycles. The van der Waals surface area contributed by atoms with E-state index in [2.05, 4.69) is 36.3 Å². The van der Waals surface area contributed by atoms with Gasteiger partial charge in [0.15, 0.2) is 11.5 Å². The molecule has 0 fully saturated rings. The van der Waals surface area contributed by atoms with E-state index in [0.717, 1.165) is 16.9 Å². The number of hydrogen-bond acceptors (Lipinski definition) is 5. The molecule has 0 spiro atoms. The lowest BCUT2D eigenvalue weighted by molar-refractivity contribution is -0.141. The minimum absolute atomic E-state index is 0.131. The van der Waals surface area contributed by atoms with Crippen LogP contribution >= 0.6 is 15.9 Å². The van der Waals surface area contributed by atoms with Crippen molar-refractivity contribution < 1.29 is 18.0 Å². The normalized spacial score (nSPS) is 11.4. The van der Waals surface area contributed by atoms with Gasteiger partial charge in [0, 0.05) is 23.6 Å². The Labute approximate surface area is 153 Å². The number of halogens is 4. The number of anilines is 2. The highest BCUT2D eigenvalue weighted by molar-refractivity contribution is 9.10. The van der Waals surface area contributed by atoms with E-state index in [1.54, 1.807) is 12.1 Å². The van der Waals surface area contributed by atoms with Crippen LogP contribution in [0.4, 0.5) is 24.8 Å². The molecular weight excluding hydrogens is 417 g/mol. The van der Waals surface area contributed by atoms with E-state index >= 15 is 0 Å². The Bertz CT molecular complexity index is 955. The van der Waals surface area contributed by atoms with Gasteiger partial charge in [0.05, 0.1) is 4.47 Å². The van der Waals surface area contributed by atoms with Crippen molar-refractivity contribution in [1.29, 1.82) is 0 Å². The number of benzene rings is 1. The number of carbonyl (C=O) groups excluding carboxylic acids is 1. The maximum Gasteiger partial charge on any atom is 0.435 e. The molecule has 0 atom stereocenters. The number of hydrogen-bond donors (Lipinski definition) is 2. The van der Waals surface area contributed by atoms with Crippen molar-refractivity contribution in [3.05, 3.63) is 58.5 Å². The van der Waals surface area contributed by atoms with Crippen LogP contribution in [0.15, 0.2) is 47.2 Å². The van der Waals surface area contributed by atoms with E-state index in [1.165, 1.54) is 18.3 Å². The van der Waals surface area contributed by atoms with Gasteiger partial charge in [0.1, 0.15) is 0 Å². The van der Waals surface area contributed by atoms with Crippen molar-refractivity contribution in [3.8, 4) is 5.82 Å². The Balaban J connectivity index is 1.88. The fraction of sp³-hybridized carbons (Fsp3) is 0.0667. The molecule has 0 bridgehead atoms. The Morgan fingerprint density at radius 3 is 2.46 bits per heavy atom. The largest absolute Gasteiger partial charge is 0.435 e. The lowest BCUT2D eigenvalue weighted by Gasteiger charge is -2.09. The van der Waals surface area contributed by atoms with Crippen molar-refractivity contribution in [1.82, 2.24) is 19.7 Å². The van der Waals surface area contributed by atoms with Gasteiger partial charge in [-0.25, -0.2) is 9.67 Å². The van der Waals surface area contributed by atoms with Crippen LogP contribution < -0.4 is 11.1 Å². The van der Waals surface area contributed by atoms with E-state index in [-0.39, 0.29) is 11.8 Å². The Morgan fingerprint density at radius 2 is 1.88 bits per heavy atom. The van der Waals surface area contributed by atoms with Crippen LogP contribution in [0.1, 0.15) is 16.1 Å². The van der Waals surface area contributed by atoms with Crippen LogP contribution in [0.5, 0.6) is 0 Å². The molecule has 0 saturated heterocycles. The van der Waals surface area contributed by atoms with E-state index in [1.807, 2.05) is 0 Å². The maximum atomic E-state index is 12.7. The SMILES string of the molecule is NC(=O)c1ccc(Nc2ncc(Br)c(-n3ccc(C(F)(F)F)n3)n2)cc1. The number of amides is 1. The fourth-order valence-electron chi connectivity index (χ4n) is 2.02. The molecule has 11 heteroatoms. The van der Waals surface area contributed by atoms with Crippen LogP contribution in [0.25, 0.3) is 5.82 Å². The summed E-state index contributed by atoms with van der Waals surface area (Å²) in [5.74, 6) is -0.288. The molecule has 7 nitrogen and oxygen atoms in total. The van der Waals surface area contributed by atoms with Gasteiger partial charge < -0.3 is 11.1 Å². The zero-order chi connectivity index (χ0) is 18.9. The summed E-state index contributed by atoms with van der Waals surface area (Å²) in [6, 6.07) is 7.09.